The van der Waals surface area contributed by atoms with E-state index in [-0.39, 0.29) is 12.8 Å². The lowest BCUT2D eigenvalue weighted by Gasteiger charge is -2.15. The first kappa shape index (κ1) is 13.3. The Hall–Kier alpha value is -0.800. The van der Waals surface area contributed by atoms with Crippen LogP contribution in [0.3, 0.4) is 0 Å². The molecule has 9 heteroatoms. The van der Waals surface area contributed by atoms with Crippen LogP contribution in [0.4, 0.5) is 8.78 Å². The van der Waals surface area contributed by atoms with E-state index in [2.05, 4.69) is 0 Å². The number of amides is 1. The van der Waals surface area contributed by atoms with Gasteiger partial charge in [-0.3, -0.25) is 4.79 Å². The quantitative estimate of drug-likeness (QED) is 0.708. The SMILES string of the molecule is CS(=O)(=O)C(F)(F)C(=O)NCC1OCCO1. The van der Waals surface area contributed by atoms with Crippen molar-refractivity contribution in [2.45, 2.75) is 11.5 Å². The lowest BCUT2D eigenvalue weighted by molar-refractivity contribution is -0.137. The van der Waals surface area contributed by atoms with Crippen molar-refractivity contribution >= 4 is 15.7 Å². The van der Waals surface area contributed by atoms with Crippen molar-refractivity contribution in [3.8, 4) is 0 Å². The molecule has 0 spiro atoms. The van der Waals surface area contributed by atoms with Gasteiger partial charge in [-0.25, -0.2) is 8.42 Å². The molecule has 0 aromatic heterocycles. The molecule has 0 atom stereocenters. The van der Waals surface area contributed by atoms with Crippen LogP contribution >= 0.6 is 0 Å². The molecule has 6 nitrogen and oxygen atoms in total. The zero-order valence-electron chi connectivity index (χ0n) is 8.40. The van der Waals surface area contributed by atoms with Crippen molar-refractivity contribution in [3.05, 3.63) is 0 Å². The van der Waals surface area contributed by atoms with Gasteiger partial charge < -0.3 is 14.8 Å². The molecule has 0 aromatic rings. The van der Waals surface area contributed by atoms with Gasteiger partial charge in [0.1, 0.15) is 0 Å². The monoisotopic (exact) mass is 259 g/mol. The van der Waals surface area contributed by atoms with Gasteiger partial charge in [0, 0.05) is 6.26 Å². The number of carbonyl (C=O) groups is 1. The van der Waals surface area contributed by atoms with Crippen molar-refractivity contribution in [2.75, 3.05) is 26.0 Å². The summed E-state index contributed by atoms with van der Waals surface area (Å²) in [7, 11) is -4.77. The maximum atomic E-state index is 12.9. The van der Waals surface area contributed by atoms with Crippen LogP contribution in [-0.2, 0) is 24.1 Å². The number of halogens is 2. The van der Waals surface area contributed by atoms with Crippen molar-refractivity contribution in [3.63, 3.8) is 0 Å². The Morgan fingerprint density at radius 2 is 1.94 bits per heavy atom. The number of nitrogens with one attached hydrogen (secondary N) is 1. The minimum Gasteiger partial charge on any atom is -0.348 e. The van der Waals surface area contributed by atoms with Crippen LogP contribution in [0.1, 0.15) is 0 Å². The highest BCUT2D eigenvalue weighted by Crippen LogP contribution is 2.20. The summed E-state index contributed by atoms with van der Waals surface area (Å²) in [5.41, 5.74) is 0. The van der Waals surface area contributed by atoms with Crippen LogP contribution in [0.25, 0.3) is 0 Å². The molecule has 0 unspecified atom stereocenters. The second-order valence-electron chi connectivity index (χ2n) is 3.17. The standard InChI is InChI=1S/C7H11F2NO5S/c1-16(12,13)7(8,9)6(11)10-4-5-14-2-3-15-5/h5H,2-4H2,1H3,(H,10,11). The molecule has 1 saturated heterocycles. The van der Waals surface area contributed by atoms with Crippen molar-refractivity contribution in [1.29, 1.82) is 0 Å². The van der Waals surface area contributed by atoms with Gasteiger partial charge >= 0.3 is 11.2 Å². The third-order valence-electron chi connectivity index (χ3n) is 1.85. The number of alkyl halides is 2. The van der Waals surface area contributed by atoms with Gasteiger partial charge in [0.25, 0.3) is 0 Å². The van der Waals surface area contributed by atoms with Gasteiger partial charge in [-0.05, 0) is 0 Å². The first-order chi connectivity index (χ1) is 7.25. The van der Waals surface area contributed by atoms with Crippen LogP contribution in [0.2, 0.25) is 0 Å². The molecule has 1 amide bonds. The topological polar surface area (TPSA) is 81.7 Å². The van der Waals surface area contributed by atoms with Gasteiger partial charge in [-0.1, -0.05) is 0 Å². The molecule has 16 heavy (non-hydrogen) atoms. The van der Waals surface area contributed by atoms with Gasteiger partial charge in [-0.2, -0.15) is 8.78 Å². The fourth-order valence-corrected chi connectivity index (χ4v) is 1.38. The summed E-state index contributed by atoms with van der Waals surface area (Å²) >= 11 is 0. The number of hydrogen-bond acceptors (Lipinski definition) is 5. The highest BCUT2D eigenvalue weighted by atomic mass is 32.2. The average Bonchev–Trinajstić information content (AvgIpc) is 2.64. The molecule has 1 fully saturated rings. The summed E-state index contributed by atoms with van der Waals surface area (Å²) < 4.78 is 56.8. The summed E-state index contributed by atoms with van der Waals surface area (Å²) in [6.07, 6.45) is -0.519. The maximum absolute atomic E-state index is 12.9. The highest BCUT2D eigenvalue weighted by Gasteiger charge is 2.49. The van der Waals surface area contributed by atoms with Gasteiger partial charge in [0.15, 0.2) is 6.29 Å². The number of carbonyl (C=O) groups excluding carboxylic acids is 1. The molecule has 0 bridgehead atoms. The number of sulfone groups is 1. The molecule has 1 heterocycles. The van der Waals surface area contributed by atoms with Crippen molar-refractivity contribution in [1.82, 2.24) is 5.32 Å². The van der Waals surface area contributed by atoms with E-state index < -0.39 is 27.3 Å². The summed E-state index contributed by atoms with van der Waals surface area (Å²) in [5.74, 6) is -1.88. The Balaban J connectivity index is 2.51. The second-order valence-corrected chi connectivity index (χ2v) is 5.23. The molecule has 1 rings (SSSR count). The van der Waals surface area contributed by atoms with E-state index in [1.807, 2.05) is 0 Å². The Kier molecular flexibility index (Phi) is 3.81. The molecule has 94 valence electrons. The van der Waals surface area contributed by atoms with Crippen LogP contribution in [-0.4, -0.2) is 51.9 Å². The molecule has 1 aliphatic rings. The lowest BCUT2D eigenvalue weighted by Crippen LogP contribution is -2.47. The van der Waals surface area contributed by atoms with Crippen LogP contribution < -0.4 is 5.32 Å². The molecule has 0 aliphatic carbocycles. The molecular formula is C7H11F2NO5S. The van der Waals surface area contributed by atoms with Gasteiger partial charge in [0.05, 0.1) is 19.8 Å². The Morgan fingerprint density at radius 1 is 1.44 bits per heavy atom. The lowest BCUT2D eigenvalue weighted by atomic mass is 10.5. The first-order valence-electron chi connectivity index (χ1n) is 4.34. The van der Waals surface area contributed by atoms with E-state index in [0.29, 0.717) is 13.2 Å². The van der Waals surface area contributed by atoms with E-state index in [9.17, 15) is 22.0 Å². The van der Waals surface area contributed by atoms with Crippen molar-refractivity contribution in [2.24, 2.45) is 0 Å². The molecule has 1 N–H and O–H groups in total. The number of rotatable bonds is 4. The molecule has 0 radical (unpaired) electrons. The predicted octanol–water partition coefficient (Wildman–Crippen LogP) is -0.887. The summed E-state index contributed by atoms with van der Waals surface area (Å²) in [6, 6.07) is 0. The summed E-state index contributed by atoms with van der Waals surface area (Å²) in [4.78, 5) is 10.9. The maximum Gasteiger partial charge on any atom is 0.421 e. The molecular weight excluding hydrogens is 248 g/mol. The smallest absolute Gasteiger partial charge is 0.348 e. The van der Waals surface area contributed by atoms with E-state index in [4.69, 9.17) is 9.47 Å². The largest absolute Gasteiger partial charge is 0.421 e. The first-order valence-corrected chi connectivity index (χ1v) is 6.23. The van der Waals surface area contributed by atoms with E-state index in [1.165, 1.54) is 0 Å². The molecule has 0 aromatic carbocycles. The third kappa shape index (κ3) is 2.86. The fraction of sp³-hybridized carbons (Fsp3) is 0.857. The zero-order valence-corrected chi connectivity index (χ0v) is 9.22. The van der Waals surface area contributed by atoms with Crippen LogP contribution in [0.5, 0.6) is 0 Å². The van der Waals surface area contributed by atoms with E-state index in [1.54, 1.807) is 5.32 Å². The van der Waals surface area contributed by atoms with Crippen LogP contribution in [0, 0.1) is 0 Å². The Bertz CT molecular complexity index is 363. The summed E-state index contributed by atoms with van der Waals surface area (Å²) in [5, 5.41) is -2.69. The normalized spacial score (nSPS) is 18.7. The third-order valence-corrected chi connectivity index (χ3v) is 2.97. The predicted molar refractivity (Wildman–Crippen MR) is 48.5 cm³/mol. The number of ether oxygens (including phenoxy) is 2. The van der Waals surface area contributed by atoms with E-state index >= 15 is 0 Å². The minimum absolute atomic E-state index is 0.287. The van der Waals surface area contributed by atoms with Crippen molar-refractivity contribution < 1.29 is 31.5 Å². The molecule has 1 aliphatic heterocycles. The molecule has 0 saturated carbocycles. The summed E-state index contributed by atoms with van der Waals surface area (Å²) in [6.45, 7) is 0.302. The van der Waals surface area contributed by atoms with Gasteiger partial charge in [-0.15, -0.1) is 0 Å². The Labute approximate surface area is 90.8 Å². The highest BCUT2D eigenvalue weighted by molar-refractivity contribution is 7.92. The fourth-order valence-electron chi connectivity index (χ4n) is 0.972. The second kappa shape index (κ2) is 4.60. The Morgan fingerprint density at radius 3 is 2.38 bits per heavy atom. The van der Waals surface area contributed by atoms with Crippen LogP contribution in [0.15, 0.2) is 0 Å². The number of hydrogen-bond donors (Lipinski definition) is 1. The van der Waals surface area contributed by atoms with Gasteiger partial charge in [0.2, 0.25) is 9.84 Å². The minimum atomic E-state index is -4.77. The average molecular weight is 259 g/mol. The van der Waals surface area contributed by atoms with E-state index in [0.717, 1.165) is 0 Å². The zero-order chi connectivity index (χ0) is 12.4.